The first-order valence-corrected chi connectivity index (χ1v) is 9.10. The Labute approximate surface area is 161 Å². The molecule has 3 aromatic rings. The molecule has 2 heterocycles. The third-order valence-electron chi connectivity index (χ3n) is 4.81. The molecule has 27 heavy (non-hydrogen) atoms. The first-order valence-electron chi connectivity index (χ1n) is 8.72. The van der Waals surface area contributed by atoms with Crippen molar-refractivity contribution in [3.05, 3.63) is 63.8 Å². The summed E-state index contributed by atoms with van der Waals surface area (Å²) in [5.41, 5.74) is 4.03. The number of nitrogens with one attached hydrogen (secondary N) is 2. The molecule has 0 bridgehead atoms. The van der Waals surface area contributed by atoms with Gasteiger partial charge in [-0.2, -0.15) is 5.10 Å². The van der Waals surface area contributed by atoms with E-state index in [4.69, 9.17) is 11.6 Å². The van der Waals surface area contributed by atoms with Crippen molar-refractivity contribution in [1.82, 2.24) is 15.2 Å². The van der Waals surface area contributed by atoms with Crippen molar-refractivity contribution < 1.29 is 9.18 Å². The van der Waals surface area contributed by atoms with Gasteiger partial charge in [0.05, 0.1) is 11.4 Å². The second-order valence-corrected chi connectivity index (χ2v) is 7.22. The predicted molar refractivity (Wildman–Crippen MR) is 103 cm³/mol. The van der Waals surface area contributed by atoms with Crippen LogP contribution in [-0.4, -0.2) is 21.1 Å². The van der Waals surface area contributed by atoms with Crippen LogP contribution >= 0.6 is 11.6 Å². The lowest BCUT2D eigenvalue weighted by molar-refractivity contribution is 0.102. The molecule has 1 saturated carbocycles. The van der Waals surface area contributed by atoms with Gasteiger partial charge in [-0.05, 0) is 61.9 Å². The lowest BCUT2D eigenvalue weighted by Crippen LogP contribution is -2.14. The highest BCUT2D eigenvalue weighted by molar-refractivity contribution is 6.32. The van der Waals surface area contributed by atoms with Crippen LogP contribution in [0.4, 0.5) is 10.1 Å². The van der Waals surface area contributed by atoms with E-state index in [9.17, 15) is 9.18 Å². The number of hydrogen-bond donors (Lipinski definition) is 2. The largest absolute Gasteiger partial charge is 0.318 e. The second-order valence-electron chi connectivity index (χ2n) is 6.87. The smallest absolute Gasteiger partial charge is 0.256 e. The number of carbonyl (C=O) groups excluding carboxylic acids is 1. The van der Waals surface area contributed by atoms with Crippen LogP contribution < -0.4 is 5.32 Å². The van der Waals surface area contributed by atoms with Gasteiger partial charge in [-0.25, -0.2) is 4.39 Å². The molecule has 138 valence electrons. The molecule has 1 aliphatic rings. The number of rotatable bonds is 4. The van der Waals surface area contributed by atoms with Gasteiger partial charge in [0.2, 0.25) is 0 Å². The molecule has 5 nitrogen and oxygen atoms in total. The highest BCUT2D eigenvalue weighted by Crippen LogP contribution is 2.40. The summed E-state index contributed by atoms with van der Waals surface area (Å²) < 4.78 is 14.7. The van der Waals surface area contributed by atoms with Gasteiger partial charge in [0.25, 0.3) is 5.91 Å². The molecular weight excluding hydrogens is 367 g/mol. The lowest BCUT2D eigenvalue weighted by Gasteiger charge is -2.11. The van der Waals surface area contributed by atoms with Gasteiger partial charge >= 0.3 is 0 Å². The van der Waals surface area contributed by atoms with Crippen LogP contribution in [-0.2, 0) is 0 Å². The molecule has 0 spiro atoms. The number of carbonyl (C=O) groups is 1. The van der Waals surface area contributed by atoms with E-state index in [0.29, 0.717) is 34.1 Å². The van der Waals surface area contributed by atoms with E-state index in [0.717, 1.165) is 0 Å². The SMILES string of the molecule is Cc1cc(-c2ccc(C3CC3)cn2)c(F)cc1C(=O)Nc1c(Cl)n[nH]c1C. The Morgan fingerprint density at radius 1 is 1.30 bits per heavy atom. The Bertz CT molecular complexity index is 1010. The van der Waals surface area contributed by atoms with Gasteiger partial charge in [-0.15, -0.1) is 0 Å². The molecule has 2 N–H and O–H groups in total. The molecule has 0 radical (unpaired) electrons. The second kappa shape index (κ2) is 6.78. The van der Waals surface area contributed by atoms with Crippen LogP contribution in [0.1, 0.15) is 45.9 Å². The summed E-state index contributed by atoms with van der Waals surface area (Å²) in [6.45, 7) is 3.50. The fourth-order valence-electron chi connectivity index (χ4n) is 3.07. The normalized spacial score (nSPS) is 13.6. The molecule has 1 aromatic carbocycles. The van der Waals surface area contributed by atoms with Crippen LogP contribution in [0.5, 0.6) is 0 Å². The monoisotopic (exact) mass is 384 g/mol. The minimum atomic E-state index is -0.493. The summed E-state index contributed by atoms with van der Waals surface area (Å²) in [7, 11) is 0. The van der Waals surface area contributed by atoms with Crippen molar-refractivity contribution >= 4 is 23.2 Å². The number of nitrogens with zero attached hydrogens (tertiary/aromatic N) is 2. The number of hydrogen-bond acceptors (Lipinski definition) is 3. The van der Waals surface area contributed by atoms with Gasteiger partial charge in [-0.1, -0.05) is 17.7 Å². The van der Waals surface area contributed by atoms with E-state index >= 15 is 0 Å². The van der Waals surface area contributed by atoms with E-state index in [1.165, 1.54) is 24.5 Å². The number of aryl methyl sites for hydroxylation is 2. The summed E-state index contributed by atoms with van der Waals surface area (Å²) in [4.78, 5) is 17.0. The van der Waals surface area contributed by atoms with Gasteiger partial charge in [0, 0.05) is 17.3 Å². The van der Waals surface area contributed by atoms with E-state index < -0.39 is 11.7 Å². The number of halogens is 2. The summed E-state index contributed by atoms with van der Waals surface area (Å²) in [6, 6.07) is 6.71. The first-order chi connectivity index (χ1) is 12.9. The minimum absolute atomic E-state index is 0.163. The maximum absolute atomic E-state index is 14.7. The summed E-state index contributed by atoms with van der Waals surface area (Å²) in [5, 5.41) is 9.36. The Morgan fingerprint density at radius 3 is 2.67 bits per heavy atom. The highest BCUT2D eigenvalue weighted by Gasteiger charge is 2.24. The molecular formula is C20H18ClFN4O. The third-order valence-corrected chi connectivity index (χ3v) is 5.08. The molecule has 0 saturated heterocycles. The zero-order valence-electron chi connectivity index (χ0n) is 14.9. The Morgan fingerprint density at radius 2 is 2.07 bits per heavy atom. The molecule has 1 fully saturated rings. The molecule has 7 heteroatoms. The van der Waals surface area contributed by atoms with E-state index in [1.807, 2.05) is 18.3 Å². The molecule has 1 amide bonds. The Hall–Kier alpha value is -2.73. The van der Waals surface area contributed by atoms with Crippen LogP contribution in [0.15, 0.2) is 30.5 Å². The zero-order chi connectivity index (χ0) is 19.1. The topological polar surface area (TPSA) is 70.7 Å². The van der Waals surface area contributed by atoms with Crippen LogP contribution in [0.25, 0.3) is 11.3 Å². The predicted octanol–water partition coefficient (Wildman–Crippen LogP) is 5.01. The lowest BCUT2D eigenvalue weighted by atomic mass is 10.0. The van der Waals surface area contributed by atoms with Crippen molar-refractivity contribution in [2.75, 3.05) is 5.32 Å². The number of amides is 1. The van der Waals surface area contributed by atoms with Gasteiger partial charge in [0.15, 0.2) is 5.15 Å². The van der Waals surface area contributed by atoms with E-state index in [-0.39, 0.29) is 10.7 Å². The number of benzene rings is 1. The van der Waals surface area contributed by atoms with Gasteiger partial charge < -0.3 is 5.32 Å². The number of pyridine rings is 1. The molecule has 1 aliphatic carbocycles. The average molecular weight is 385 g/mol. The maximum atomic E-state index is 14.7. The summed E-state index contributed by atoms with van der Waals surface area (Å²) >= 11 is 5.95. The Balaban J connectivity index is 1.62. The van der Waals surface area contributed by atoms with Crippen molar-refractivity contribution in [3.63, 3.8) is 0 Å². The standard InChI is InChI=1S/C20H18ClFN4O/c1-10-7-15(17-6-5-13(9-23-17)12-3-4-12)16(22)8-14(10)20(27)24-18-11(2)25-26-19(18)21/h5-9,12H,3-4H2,1-2H3,(H,24,27)(H,25,26). The highest BCUT2D eigenvalue weighted by atomic mass is 35.5. The van der Waals surface area contributed by atoms with Crippen molar-refractivity contribution in [3.8, 4) is 11.3 Å². The quantitative estimate of drug-likeness (QED) is 0.664. The minimum Gasteiger partial charge on any atom is -0.318 e. The molecule has 0 unspecified atom stereocenters. The van der Waals surface area contributed by atoms with E-state index in [1.54, 1.807) is 19.9 Å². The zero-order valence-corrected chi connectivity index (χ0v) is 15.7. The van der Waals surface area contributed by atoms with Crippen LogP contribution in [0.2, 0.25) is 5.15 Å². The summed E-state index contributed by atoms with van der Waals surface area (Å²) in [5.74, 6) is -0.337. The number of aromatic nitrogens is 3. The summed E-state index contributed by atoms with van der Waals surface area (Å²) in [6.07, 6.45) is 4.20. The molecule has 4 rings (SSSR count). The maximum Gasteiger partial charge on any atom is 0.256 e. The van der Waals surface area contributed by atoms with Crippen LogP contribution in [0.3, 0.4) is 0 Å². The van der Waals surface area contributed by atoms with E-state index in [2.05, 4.69) is 20.5 Å². The van der Waals surface area contributed by atoms with Crippen LogP contribution in [0, 0.1) is 19.7 Å². The number of aromatic amines is 1. The third kappa shape index (κ3) is 3.45. The van der Waals surface area contributed by atoms with Gasteiger partial charge in [0.1, 0.15) is 11.5 Å². The van der Waals surface area contributed by atoms with Crippen molar-refractivity contribution in [2.24, 2.45) is 0 Å². The average Bonchev–Trinajstić information content (AvgIpc) is 3.46. The fraction of sp³-hybridized carbons (Fsp3) is 0.250. The molecule has 0 aliphatic heterocycles. The molecule has 0 atom stereocenters. The molecule has 2 aromatic heterocycles. The first kappa shape index (κ1) is 17.7. The number of anilines is 1. The van der Waals surface area contributed by atoms with Crippen molar-refractivity contribution in [2.45, 2.75) is 32.6 Å². The fourth-order valence-corrected chi connectivity index (χ4v) is 3.30. The van der Waals surface area contributed by atoms with Crippen molar-refractivity contribution in [1.29, 1.82) is 0 Å². The van der Waals surface area contributed by atoms with Gasteiger partial charge in [-0.3, -0.25) is 14.9 Å². The number of H-pyrrole nitrogens is 1. The Kier molecular flexibility index (Phi) is 4.44.